The van der Waals surface area contributed by atoms with Crippen LogP contribution in [0.4, 0.5) is 5.69 Å². The van der Waals surface area contributed by atoms with E-state index >= 15 is 0 Å². The Morgan fingerprint density at radius 2 is 1.52 bits per heavy atom. The highest BCUT2D eigenvalue weighted by molar-refractivity contribution is 14.0. The molecule has 0 heterocycles. The van der Waals surface area contributed by atoms with E-state index in [2.05, 4.69) is 76.0 Å². The minimum Gasteiger partial charge on any atom is -0.378 e. The lowest BCUT2D eigenvalue weighted by molar-refractivity contribution is 0.803. The number of guanidine groups is 1. The van der Waals surface area contributed by atoms with Crippen LogP contribution in [0.2, 0.25) is 0 Å². The van der Waals surface area contributed by atoms with Crippen molar-refractivity contribution in [3.63, 3.8) is 0 Å². The van der Waals surface area contributed by atoms with Gasteiger partial charge in [-0.15, -0.1) is 24.0 Å². The quantitative estimate of drug-likeness (QED) is 0.398. The summed E-state index contributed by atoms with van der Waals surface area (Å²) in [5.74, 6) is 0.817. The second-order valence-corrected chi connectivity index (χ2v) is 5.96. The summed E-state index contributed by atoms with van der Waals surface area (Å²) in [6.07, 6.45) is 1.04. The monoisotopic (exact) mass is 452 g/mol. The molecular formula is C20H29IN4. The minimum atomic E-state index is 0. The number of halogens is 1. The molecule has 2 N–H and O–H groups in total. The molecule has 0 spiro atoms. The van der Waals surface area contributed by atoms with E-state index in [4.69, 9.17) is 0 Å². The minimum absolute atomic E-state index is 0. The van der Waals surface area contributed by atoms with Crippen molar-refractivity contribution in [3.05, 3.63) is 65.2 Å². The third-order valence-corrected chi connectivity index (χ3v) is 4.08. The summed E-state index contributed by atoms with van der Waals surface area (Å²) in [5, 5.41) is 6.76. The standard InChI is InChI=1S/C20H28N4.HI/c1-5-17-8-6-7-9-18(17)15-23-20(21-2)22-14-16-10-12-19(13-11-16)24(3)4;/h6-13H,5,14-15H2,1-4H3,(H2,21,22,23);1H. The van der Waals surface area contributed by atoms with Crippen molar-refractivity contribution in [1.82, 2.24) is 10.6 Å². The fraction of sp³-hybridized carbons (Fsp3) is 0.350. The van der Waals surface area contributed by atoms with Crippen molar-refractivity contribution in [2.75, 3.05) is 26.0 Å². The summed E-state index contributed by atoms with van der Waals surface area (Å²) < 4.78 is 0. The highest BCUT2D eigenvalue weighted by atomic mass is 127. The molecule has 136 valence electrons. The molecular weight excluding hydrogens is 423 g/mol. The molecule has 25 heavy (non-hydrogen) atoms. The highest BCUT2D eigenvalue weighted by Crippen LogP contribution is 2.12. The molecule has 5 heteroatoms. The molecule has 0 radical (unpaired) electrons. The van der Waals surface area contributed by atoms with Crippen molar-refractivity contribution in [2.24, 2.45) is 4.99 Å². The first-order valence-corrected chi connectivity index (χ1v) is 8.41. The molecule has 0 fully saturated rings. The van der Waals surface area contributed by atoms with Gasteiger partial charge in [0.25, 0.3) is 0 Å². The predicted octanol–water partition coefficient (Wildman–Crippen LogP) is 3.80. The number of hydrogen-bond acceptors (Lipinski definition) is 2. The van der Waals surface area contributed by atoms with Gasteiger partial charge in [-0.2, -0.15) is 0 Å². The van der Waals surface area contributed by atoms with Crippen LogP contribution in [0.15, 0.2) is 53.5 Å². The molecule has 0 saturated carbocycles. The van der Waals surface area contributed by atoms with E-state index in [0.717, 1.165) is 25.5 Å². The van der Waals surface area contributed by atoms with E-state index < -0.39 is 0 Å². The van der Waals surface area contributed by atoms with Crippen molar-refractivity contribution >= 4 is 35.6 Å². The average Bonchev–Trinajstić information content (AvgIpc) is 2.62. The lowest BCUT2D eigenvalue weighted by atomic mass is 10.1. The topological polar surface area (TPSA) is 39.7 Å². The number of nitrogens with zero attached hydrogens (tertiary/aromatic N) is 2. The van der Waals surface area contributed by atoms with Gasteiger partial charge in [0, 0.05) is 39.9 Å². The summed E-state index contributed by atoms with van der Waals surface area (Å²) in [5.41, 5.74) is 5.13. The van der Waals surface area contributed by atoms with E-state index in [9.17, 15) is 0 Å². The van der Waals surface area contributed by atoms with Gasteiger partial charge in [0.15, 0.2) is 5.96 Å². The Morgan fingerprint density at radius 1 is 0.920 bits per heavy atom. The van der Waals surface area contributed by atoms with Gasteiger partial charge >= 0.3 is 0 Å². The van der Waals surface area contributed by atoms with Gasteiger partial charge in [-0.3, -0.25) is 4.99 Å². The molecule has 0 aliphatic heterocycles. The predicted molar refractivity (Wildman–Crippen MR) is 119 cm³/mol. The zero-order valence-corrected chi connectivity index (χ0v) is 17.9. The first kappa shape index (κ1) is 21.3. The van der Waals surface area contributed by atoms with Gasteiger partial charge in [-0.25, -0.2) is 0 Å². The van der Waals surface area contributed by atoms with Gasteiger partial charge in [0.05, 0.1) is 0 Å². The molecule has 4 nitrogen and oxygen atoms in total. The number of aryl methyl sites for hydroxylation is 1. The van der Waals surface area contributed by atoms with Crippen LogP contribution in [-0.2, 0) is 19.5 Å². The zero-order valence-electron chi connectivity index (χ0n) is 15.5. The second-order valence-electron chi connectivity index (χ2n) is 5.96. The third kappa shape index (κ3) is 6.57. The molecule has 0 atom stereocenters. The maximum atomic E-state index is 4.31. The summed E-state index contributed by atoms with van der Waals surface area (Å²) >= 11 is 0. The highest BCUT2D eigenvalue weighted by Gasteiger charge is 2.03. The smallest absolute Gasteiger partial charge is 0.191 e. The molecule has 2 aromatic carbocycles. The Morgan fingerprint density at radius 3 is 2.08 bits per heavy atom. The van der Waals surface area contributed by atoms with Gasteiger partial charge in [-0.05, 0) is 35.2 Å². The van der Waals surface area contributed by atoms with Crippen molar-refractivity contribution in [3.8, 4) is 0 Å². The molecule has 2 rings (SSSR count). The Bertz CT molecular complexity index is 666. The van der Waals surface area contributed by atoms with E-state index in [0.29, 0.717) is 0 Å². The lowest BCUT2D eigenvalue weighted by Gasteiger charge is -2.15. The molecule has 0 aliphatic rings. The third-order valence-electron chi connectivity index (χ3n) is 4.08. The summed E-state index contributed by atoms with van der Waals surface area (Å²) in [7, 11) is 5.90. The fourth-order valence-electron chi connectivity index (χ4n) is 2.57. The van der Waals surface area contributed by atoms with Crippen LogP contribution >= 0.6 is 24.0 Å². The van der Waals surface area contributed by atoms with Crippen LogP contribution in [0.5, 0.6) is 0 Å². The number of benzene rings is 2. The number of aliphatic imine (C=N–C) groups is 1. The second kappa shape index (κ2) is 11.0. The van der Waals surface area contributed by atoms with Crippen LogP contribution < -0.4 is 15.5 Å². The van der Waals surface area contributed by atoms with Gasteiger partial charge in [-0.1, -0.05) is 43.3 Å². The molecule has 0 unspecified atom stereocenters. The first-order chi connectivity index (χ1) is 11.6. The number of hydrogen-bond donors (Lipinski definition) is 2. The van der Waals surface area contributed by atoms with E-state index in [-0.39, 0.29) is 24.0 Å². The Kier molecular flexibility index (Phi) is 9.34. The number of nitrogens with one attached hydrogen (secondary N) is 2. The van der Waals surface area contributed by atoms with Crippen LogP contribution in [0.3, 0.4) is 0 Å². The van der Waals surface area contributed by atoms with Crippen molar-refractivity contribution in [1.29, 1.82) is 0 Å². The van der Waals surface area contributed by atoms with Crippen molar-refractivity contribution < 1.29 is 0 Å². The number of anilines is 1. The SMILES string of the molecule is CCc1ccccc1CNC(=NC)NCc1ccc(N(C)C)cc1.I. The lowest BCUT2D eigenvalue weighted by Crippen LogP contribution is -2.36. The van der Waals surface area contributed by atoms with Gasteiger partial charge < -0.3 is 15.5 Å². The normalized spacial score (nSPS) is 10.8. The van der Waals surface area contributed by atoms with E-state index in [1.54, 1.807) is 7.05 Å². The summed E-state index contributed by atoms with van der Waals surface area (Å²) in [6.45, 7) is 3.72. The Labute approximate surface area is 168 Å². The molecule has 0 saturated heterocycles. The van der Waals surface area contributed by atoms with E-state index in [1.165, 1.54) is 22.4 Å². The summed E-state index contributed by atoms with van der Waals surface area (Å²) in [4.78, 5) is 6.41. The fourth-order valence-corrected chi connectivity index (χ4v) is 2.57. The van der Waals surface area contributed by atoms with Gasteiger partial charge in [0.2, 0.25) is 0 Å². The summed E-state index contributed by atoms with van der Waals surface area (Å²) in [6, 6.07) is 17.1. The van der Waals surface area contributed by atoms with Crippen LogP contribution in [0.25, 0.3) is 0 Å². The molecule has 0 aromatic heterocycles. The number of rotatable bonds is 6. The van der Waals surface area contributed by atoms with Crippen molar-refractivity contribution in [2.45, 2.75) is 26.4 Å². The van der Waals surface area contributed by atoms with Crippen LogP contribution in [0.1, 0.15) is 23.6 Å². The Hall–Kier alpha value is -1.76. The molecule has 0 amide bonds. The van der Waals surface area contributed by atoms with Gasteiger partial charge in [0.1, 0.15) is 0 Å². The maximum absolute atomic E-state index is 4.31. The first-order valence-electron chi connectivity index (χ1n) is 8.41. The van der Waals surface area contributed by atoms with Crippen LogP contribution in [-0.4, -0.2) is 27.1 Å². The van der Waals surface area contributed by atoms with Crippen LogP contribution in [0, 0.1) is 0 Å². The molecule has 0 aliphatic carbocycles. The zero-order chi connectivity index (χ0) is 17.4. The molecule has 2 aromatic rings. The Balaban J connectivity index is 0.00000312. The van der Waals surface area contributed by atoms with E-state index in [1.807, 2.05) is 14.1 Å². The largest absolute Gasteiger partial charge is 0.378 e. The maximum Gasteiger partial charge on any atom is 0.191 e. The molecule has 0 bridgehead atoms. The average molecular weight is 452 g/mol.